The Bertz CT molecular complexity index is 968. The Balaban J connectivity index is 1.59. The van der Waals surface area contributed by atoms with Gasteiger partial charge in [0.2, 0.25) is 0 Å². The van der Waals surface area contributed by atoms with Gasteiger partial charge in [-0.1, -0.05) is 23.8 Å². The summed E-state index contributed by atoms with van der Waals surface area (Å²) in [5.74, 6) is -0.215. The van der Waals surface area contributed by atoms with E-state index < -0.39 is 10.0 Å². The van der Waals surface area contributed by atoms with Gasteiger partial charge >= 0.3 is 0 Å². The van der Waals surface area contributed by atoms with Crippen molar-refractivity contribution in [3.63, 3.8) is 0 Å². The number of carbonyl (C=O) groups excluding carboxylic acids is 1. The van der Waals surface area contributed by atoms with E-state index in [1.165, 1.54) is 0 Å². The molecule has 2 N–H and O–H groups in total. The highest BCUT2D eigenvalue weighted by Gasteiger charge is 2.17. The fourth-order valence-electron chi connectivity index (χ4n) is 3.23. The molecule has 1 saturated heterocycles. The number of sulfonamides is 1. The van der Waals surface area contributed by atoms with E-state index in [4.69, 9.17) is 4.74 Å². The molecule has 7 nitrogen and oxygen atoms in total. The normalized spacial score (nSPS) is 15.0. The zero-order chi connectivity index (χ0) is 21.6. The lowest BCUT2D eigenvalue weighted by Gasteiger charge is -2.26. The van der Waals surface area contributed by atoms with Crippen LogP contribution in [0.1, 0.15) is 27.9 Å². The second kappa shape index (κ2) is 10.1. The molecule has 30 heavy (non-hydrogen) atoms. The number of nitrogens with one attached hydrogen (secondary N) is 2. The highest BCUT2D eigenvalue weighted by Crippen LogP contribution is 2.21. The van der Waals surface area contributed by atoms with Crippen LogP contribution in [0, 0.1) is 13.8 Å². The third kappa shape index (κ3) is 6.04. The van der Waals surface area contributed by atoms with Crippen molar-refractivity contribution in [2.24, 2.45) is 0 Å². The van der Waals surface area contributed by atoms with Gasteiger partial charge in [-0.3, -0.25) is 14.4 Å². The van der Waals surface area contributed by atoms with E-state index in [1.54, 1.807) is 49.4 Å². The number of hydrogen-bond acceptors (Lipinski definition) is 5. The number of aryl methyl sites for hydroxylation is 2. The summed E-state index contributed by atoms with van der Waals surface area (Å²) in [7, 11) is -3.73. The van der Waals surface area contributed by atoms with Crippen LogP contribution >= 0.6 is 0 Å². The molecule has 0 aromatic heterocycles. The minimum Gasteiger partial charge on any atom is -0.379 e. The third-order valence-electron chi connectivity index (χ3n) is 5.12. The summed E-state index contributed by atoms with van der Waals surface area (Å²) in [6.45, 7) is 8.56. The van der Waals surface area contributed by atoms with Crippen LogP contribution in [0.25, 0.3) is 0 Å². The molecule has 0 saturated carbocycles. The molecule has 1 fully saturated rings. The summed E-state index contributed by atoms with van der Waals surface area (Å²) in [5, 5.41) is 2.91. The molecule has 8 heteroatoms. The Labute approximate surface area is 178 Å². The van der Waals surface area contributed by atoms with Crippen molar-refractivity contribution in [1.29, 1.82) is 0 Å². The topological polar surface area (TPSA) is 87.7 Å². The van der Waals surface area contributed by atoms with Crippen LogP contribution in [0.2, 0.25) is 0 Å². The van der Waals surface area contributed by atoms with Crippen molar-refractivity contribution in [3.8, 4) is 0 Å². The summed E-state index contributed by atoms with van der Waals surface area (Å²) in [5.41, 5.74) is 2.55. The van der Waals surface area contributed by atoms with Crippen LogP contribution in [-0.2, 0) is 14.8 Å². The number of benzene rings is 2. The minimum absolute atomic E-state index is 0.186. The lowest BCUT2D eigenvalue weighted by atomic mass is 10.1. The number of nitrogens with zero attached hydrogens (tertiary/aromatic N) is 1. The van der Waals surface area contributed by atoms with Crippen molar-refractivity contribution < 1.29 is 17.9 Å². The van der Waals surface area contributed by atoms with Gasteiger partial charge in [-0.25, -0.2) is 8.42 Å². The van der Waals surface area contributed by atoms with Gasteiger partial charge in [0, 0.05) is 25.2 Å². The first kappa shape index (κ1) is 22.3. The Morgan fingerprint density at radius 2 is 1.77 bits per heavy atom. The van der Waals surface area contributed by atoms with Crippen LogP contribution in [0.15, 0.2) is 47.4 Å². The van der Waals surface area contributed by atoms with E-state index in [0.717, 1.165) is 50.4 Å². The van der Waals surface area contributed by atoms with E-state index in [9.17, 15) is 13.2 Å². The van der Waals surface area contributed by atoms with E-state index in [2.05, 4.69) is 14.9 Å². The highest BCUT2D eigenvalue weighted by molar-refractivity contribution is 7.92. The number of ether oxygens (including phenoxy) is 1. The average Bonchev–Trinajstić information content (AvgIpc) is 2.73. The number of rotatable bonds is 8. The predicted molar refractivity (Wildman–Crippen MR) is 117 cm³/mol. The van der Waals surface area contributed by atoms with Gasteiger partial charge in [0.1, 0.15) is 0 Å². The van der Waals surface area contributed by atoms with Crippen molar-refractivity contribution in [2.75, 3.05) is 44.1 Å². The second-order valence-corrected chi connectivity index (χ2v) is 9.19. The Morgan fingerprint density at radius 1 is 1.07 bits per heavy atom. The SMILES string of the molecule is Cc1ccc(S(=O)(=O)Nc2cc(C(=O)NCCCN3CCOCC3)ccc2C)cc1. The summed E-state index contributed by atoms with van der Waals surface area (Å²) in [4.78, 5) is 15.0. The maximum Gasteiger partial charge on any atom is 0.261 e. The lowest BCUT2D eigenvalue weighted by Crippen LogP contribution is -2.38. The summed E-state index contributed by atoms with van der Waals surface area (Å²) >= 11 is 0. The summed E-state index contributed by atoms with van der Waals surface area (Å²) in [6.07, 6.45) is 0.852. The van der Waals surface area contributed by atoms with Crippen molar-refractivity contribution in [2.45, 2.75) is 25.2 Å². The molecule has 1 amide bonds. The predicted octanol–water partition coefficient (Wildman–Crippen LogP) is 2.56. The highest BCUT2D eigenvalue weighted by atomic mass is 32.2. The zero-order valence-corrected chi connectivity index (χ0v) is 18.3. The third-order valence-corrected chi connectivity index (χ3v) is 6.50. The average molecular weight is 432 g/mol. The van der Waals surface area contributed by atoms with Crippen molar-refractivity contribution >= 4 is 21.6 Å². The van der Waals surface area contributed by atoms with E-state index in [0.29, 0.717) is 17.8 Å². The molecule has 1 heterocycles. The molecule has 0 unspecified atom stereocenters. The van der Waals surface area contributed by atoms with Crippen molar-refractivity contribution in [3.05, 3.63) is 59.2 Å². The molecule has 3 rings (SSSR count). The van der Waals surface area contributed by atoms with Gasteiger partial charge in [-0.05, 0) is 56.6 Å². The summed E-state index contributed by atoms with van der Waals surface area (Å²) < 4.78 is 33.3. The number of amides is 1. The van der Waals surface area contributed by atoms with E-state index in [-0.39, 0.29) is 10.8 Å². The van der Waals surface area contributed by atoms with Gasteiger partial charge in [-0.15, -0.1) is 0 Å². The van der Waals surface area contributed by atoms with Crippen LogP contribution in [0.5, 0.6) is 0 Å². The Hall–Kier alpha value is -2.42. The molecule has 0 aliphatic carbocycles. The Morgan fingerprint density at radius 3 is 2.47 bits per heavy atom. The first-order valence-corrected chi connectivity index (χ1v) is 11.6. The maximum absolute atomic E-state index is 12.7. The molecule has 1 aliphatic heterocycles. The number of carbonyl (C=O) groups is 1. The quantitative estimate of drug-likeness (QED) is 0.627. The fourth-order valence-corrected chi connectivity index (χ4v) is 4.35. The Kier molecular flexibility index (Phi) is 7.47. The van der Waals surface area contributed by atoms with Gasteiger partial charge in [-0.2, -0.15) is 0 Å². The zero-order valence-electron chi connectivity index (χ0n) is 17.5. The van der Waals surface area contributed by atoms with Gasteiger partial charge in [0.25, 0.3) is 15.9 Å². The molecule has 2 aromatic carbocycles. The van der Waals surface area contributed by atoms with E-state index in [1.807, 2.05) is 6.92 Å². The smallest absolute Gasteiger partial charge is 0.261 e. The molecule has 162 valence electrons. The van der Waals surface area contributed by atoms with Gasteiger partial charge in [0.15, 0.2) is 0 Å². The van der Waals surface area contributed by atoms with Crippen LogP contribution in [0.3, 0.4) is 0 Å². The standard InChI is InChI=1S/C22H29N3O4S/c1-17-4-8-20(9-5-17)30(27,28)24-21-16-19(7-6-18(21)2)22(26)23-10-3-11-25-12-14-29-15-13-25/h4-9,16,24H,3,10-15H2,1-2H3,(H,23,26). The minimum atomic E-state index is -3.73. The lowest BCUT2D eigenvalue weighted by molar-refractivity contribution is 0.0374. The van der Waals surface area contributed by atoms with Gasteiger partial charge in [0.05, 0.1) is 23.8 Å². The number of hydrogen-bond donors (Lipinski definition) is 2. The first-order valence-electron chi connectivity index (χ1n) is 10.1. The van der Waals surface area contributed by atoms with Crippen LogP contribution in [-0.4, -0.2) is 58.6 Å². The van der Waals surface area contributed by atoms with Crippen LogP contribution < -0.4 is 10.0 Å². The maximum atomic E-state index is 12.7. The van der Waals surface area contributed by atoms with E-state index >= 15 is 0 Å². The molecule has 0 spiro atoms. The molecule has 1 aliphatic rings. The molecule has 0 radical (unpaired) electrons. The molecule has 2 aromatic rings. The number of anilines is 1. The fraction of sp³-hybridized carbons (Fsp3) is 0.409. The summed E-state index contributed by atoms with van der Waals surface area (Å²) in [6, 6.07) is 11.7. The molecular formula is C22H29N3O4S. The van der Waals surface area contributed by atoms with Gasteiger partial charge < -0.3 is 10.1 Å². The van der Waals surface area contributed by atoms with Crippen LogP contribution in [0.4, 0.5) is 5.69 Å². The number of morpholine rings is 1. The monoisotopic (exact) mass is 431 g/mol. The molecular weight excluding hydrogens is 402 g/mol. The molecule has 0 atom stereocenters. The molecule has 0 bridgehead atoms. The largest absolute Gasteiger partial charge is 0.379 e. The second-order valence-electron chi connectivity index (χ2n) is 7.51. The first-order chi connectivity index (χ1) is 14.3. The van der Waals surface area contributed by atoms with Crippen molar-refractivity contribution in [1.82, 2.24) is 10.2 Å².